The topological polar surface area (TPSA) is 69.9 Å². The third-order valence-corrected chi connectivity index (χ3v) is 4.91. The number of rotatable bonds is 8. The van der Waals surface area contributed by atoms with Crippen molar-refractivity contribution in [2.24, 2.45) is 10.4 Å². The molecule has 1 heterocycles. The highest BCUT2D eigenvalue weighted by Crippen LogP contribution is 2.42. The van der Waals surface area contributed by atoms with E-state index >= 15 is 0 Å². The van der Waals surface area contributed by atoms with Crippen LogP contribution in [0.4, 0.5) is 0 Å². The first-order chi connectivity index (χ1) is 11.5. The average Bonchev–Trinajstić information content (AvgIpc) is 3.04. The molecule has 25 heavy (non-hydrogen) atoms. The van der Waals surface area contributed by atoms with E-state index in [4.69, 9.17) is 4.42 Å². The van der Waals surface area contributed by atoms with Crippen LogP contribution in [0.15, 0.2) is 27.8 Å². The Hall–Kier alpha value is -1.25. The summed E-state index contributed by atoms with van der Waals surface area (Å²) in [4.78, 5) is 17.8. The maximum absolute atomic E-state index is 11.8. The maximum atomic E-state index is 11.8. The van der Waals surface area contributed by atoms with E-state index in [0.717, 1.165) is 18.7 Å². The number of nitrogens with zero attached hydrogens (tertiary/aromatic N) is 2. The van der Waals surface area contributed by atoms with Gasteiger partial charge in [-0.05, 0) is 36.8 Å². The zero-order valence-corrected chi connectivity index (χ0v) is 17.8. The van der Waals surface area contributed by atoms with Gasteiger partial charge in [0.25, 0.3) is 0 Å². The number of carbonyl (C=O) groups excluding carboxylic acids is 1. The van der Waals surface area contributed by atoms with Crippen molar-refractivity contribution in [3.05, 3.63) is 24.2 Å². The molecular weight excluding hydrogens is 431 g/mol. The summed E-state index contributed by atoms with van der Waals surface area (Å²) in [6.07, 6.45) is 7.50. The second kappa shape index (κ2) is 10.7. The molecule has 1 aliphatic rings. The lowest BCUT2D eigenvalue weighted by Crippen LogP contribution is -2.47. The highest BCUT2D eigenvalue weighted by Gasteiger charge is 2.34. The molecule has 1 aromatic heterocycles. The van der Waals surface area contributed by atoms with Gasteiger partial charge in [0, 0.05) is 33.6 Å². The standard InChI is InChI=1S/C18H30N4O2.HI/c1-4-18(9-6-10-18)14-21-17(20-13-16(23)22(2)3)19-11-8-15-7-5-12-24-15;/h5,7,12H,4,6,8-11,13-14H2,1-3H3,(H2,19,20,21);1H. The quantitative estimate of drug-likeness (QED) is 0.354. The molecule has 1 aromatic rings. The summed E-state index contributed by atoms with van der Waals surface area (Å²) in [5.41, 5.74) is 0.398. The summed E-state index contributed by atoms with van der Waals surface area (Å²) in [6, 6.07) is 3.85. The Balaban J connectivity index is 0.00000312. The van der Waals surface area contributed by atoms with E-state index in [-0.39, 0.29) is 36.4 Å². The van der Waals surface area contributed by atoms with Gasteiger partial charge in [-0.1, -0.05) is 13.3 Å². The first-order valence-corrected chi connectivity index (χ1v) is 8.79. The van der Waals surface area contributed by atoms with E-state index in [0.29, 0.717) is 17.9 Å². The van der Waals surface area contributed by atoms with Gasteiger partial charge in [0.15, 0.2) is 5.96 Å². The normalized spacial score (nSPS) is 15.7. The second-order valence-corrected chi connectivity index (χ2v) is 6.77. The molecule has 0 atom stereocenters. The molecule has 2 N–H and O–H groups in total. The van der Waals surface area contributed by atoms with Crippen molar-refractivity contribution in [1.29, 1.82) is 0 Å². The lowest BCUT2D eigenvalue weighted by atomic mass is 9.67. The molecule has 6 nitrogen and oxygen atoms in total. The van der Waals surface area contributed by atoms with Crippen LogP contribution in [0.5, 0.6) is 0 Å². The van der Waals surface area contributed by atoms with E-state index < -0.39 is 0 Å². The number of furan rings is 1. The second-order valence-electron chi connectivity index (χ2n) is 6.77. The van der Waals surface area contributed by atoms with Crippen molar-refractivity contribution < 1.29 is 9.21 Å². The fourth-order valence-electron chi connectivity index (χ4n) is 2.82. The summed E-state index contributed by atoms with van der Waals surface area (Å²) < 4.78 is 5.34. The van der Waals surface area contributed by atoms with Gasteiger partial charge < -0.3 is 20.0 Å². The van der Waals surface area contributed by atoms with E-state index in [1.54, 1.807) is 25.3 Å². The Morgan fingerprint density at radius 1 is 1.36 bits per heavy atom. The monoisotopic (exact) mass is 462 g/mol. The van der Waals surface area contributed by atoms with E-state index in [9.17, 15) is 4.79 Å². The summed E-state index contributed by atoms with van der Waals surface area (Å²) in [7, 11) is 3.49. The minimum Gasteiger partial charge on any atom is -0.469 e. The molecule has 7 heteroatoms. The Morgan fingerprint density at radius 2 is 2.12 bits per heavy atom. The molecule has 142 valence electrons. The predicted molar refractivity (Wildman–Crippen MR) is 111 cm³/mol. The van der Waals surface area contributed by atoms with E-state index in [1.165, 1.54) is 25.7 Å². The number of nitrogens with one attached hydrogen (secondary N) is 2. The highest BCUT2D eigenvalue weighted by atomic mass is 127. The van der Waals surface area contributed by atoms with Gasteiger partial charge in [0.2, 0.25) is 5.91 Å². The molecule has 0 unspecified atom stereocenters. The van der Waals surface area contributed by atoms with Gasteiger partial charge in [-0.2, -0.15) is 0 Å². The Labute approximate surface area is 167 Å². The van der Waals surface area contributed by atoms with Gasteiger partial charge >= 0.3 is 0 Å². The molecule has 0 spiro atoms. The number of carbonyl (C=O) groups is 1. The minimum absolute atomic E-state index is 0. The zero-order chi connectivity index (χ0) is 17.4. The number of amides is 1. The smallest absolute Gasteiger partial charge is 0.243 e. The van der Waals surface area contributed by atoms with Gasteiger partial charge in [0.1, 0.15) is 12.3 Å². The van der Waals surface area contributed by atoms with Crippen molar-refractivity contribution in [1.82, 2.24) is 15.5 Å². The van der Waals surface area contributed by atoms with Crippen LogP contribution in [0.2, 0.25) is 0 Å². The number of aliphatic imine (C=N–C) groups is 1. The van der Waals surface area contributed by atoms with Crippen LogP contribution in [-0.2, 0) is 11.2 Å². The summed E-state index contributed by atoms with van der Waals surface area (Å²) in [5, 5.41) is 6.73. The fraction of sp³-hybridized carbons (Fsp3) is 0.667. The number of hydrogen-bond donors (Lipinski definition) is 2. The lowest BCUT2D eigenvalue weighted by molar-refractivity contribution is -0.127. The molecule has 1 fully saturated rings. The van der Waals surface area contributed by atoms with Crippen LogP contribution in [-0.4, -0.2) is 50.5 Å². The molecular formula is C18H31IN4O2. The number of halogens is 1. The van der Waals surface area contributed by atoms with Gasteiger partial charge in [-0.15, -0.1) is 24.0 Å². The van der Waals surface area contributed by atoms with Gasteiger partial charge in [-0.25, -0.2) is 4.99 Å². The Morgan fingerprint density at radius 3 is 2.64 bits per heavy atom. The number of hydrogen-bond acceptors (Lipinski definition) is 3. The van der Waals surface area contributed by atoms with Crippen LogP contribution in [0.3, 0.4) is 0 Å². The van der Waals surface area contributed by atoms with Crippen LogP contribution < -0.4 is 10.6 Å². The molecule has 1 aliphatic carbocycles. The third-order valence-electron chi connectivity index (χ3n) is 4.91. The van der Waals surface area contributed by atoms with Crippen molar-refractivity contribution >= 4 is 35.8 Å². The fourth-order valence-corrected chi connectivity index (χ4v) is 2.82. The van der Waals surface area contributed by atoms with Gasteiger partial charge in [0.05, 0.1) is 6.26 Å². The zero-order valence-electron chi connectivity index (χ0n) is 15.5. The van der Waals surface area contributed by atoms with Crippen LogP contribution in [0.25, 0.3) is 0 Å². The van der Waals surface area contributed by atoms with Crippen molar-refractivity contribution in [3.8, 4) is 0 Å². The first-order valence-electron chi connectivity index (χ1n) is 8.79. The molecule has 0 saturated heterocycles. The molecule has 1 amide bonds. The molecule has 0 aromatic carbocycles. The summed E-state index contributed by atoms with van der Waals surface area (Å²) in [6.45, 7) is 4.03. The molecule has 0 bridgehead atoms. The van der Waals surface area contributed by atoms with Crippen LogP contribution in [0.1, 0.15) is 38.4 Å². The highest BCUT2D eigenvalue weighted by molar-refractivity contribution is 14.0. The lowest BCUT2D eigenvalue weighted by Gasteiger charge is -2.41. The summed E-state index contributed by atoms with van der Waals surface area (Å²) in [5.74, 6) is 1.64. The van der Waals surface area contributed by atoms with Crippen molar-refractivity contribution in [3.63, 3.8) is 0 Å². The molecule has 1 saturated carbocycles. The van der Waals surface area contributed by atoms with Crippen molar-refractivity contribution in [2.45, 2.75) is 39.0 Å². The first kappa shape index (κ1) is 21.8. The number of likely N-dealkylation sites (N-methyl/N-ethyl adjacent to an activating group) is 1. The SMILES string of the molecule is CCC1(CNC(=NCC(=O)N(C)C)NCCc2ccco2)CCC1.I. The maximum Gasteiger partial charge on any atom is 0.243 e. The van der Waals surface area contributed by atoms with Gasteiger partial charge in [-0.3, -0.25) is 4.79 Å². The molecule has 2 rings (SSSR count). The molecule has 0 aliphatic heterocycles. The Bertz CT molecular complexity index is 534. The minimum atomic E-state index is -0.00372. The van der Waals surface area contributed by atoms with E-state index in [1.807, 2.05) is 12.1 Å². The van der Waals surface area contributed by atoms with Crippen molar-refractivity contribution in [2.75, 3.05) is 33.7 Å². The summed E-state index contributed by atoms with van der Waals surface area (Å²) >= 11 is 0. The van der Waals surface area contributed by atoms with E-state index in [2.05, 4.69) is 22.5 Å². The number of guanidine groups is 1. The van der Waals surface area contributed by atoms with Crippen LogP contribution >= 0.6 is 24.0 Å². The third kappa shape index (κ3) is 6.87. The van der Waals surface area contributed by atoms with Crippen LogP contribution in [0, 0.1) is 5.41 Å². The predicted octanol–water partition coefficient (Wildman–Crippen LogP) is 2.64. The Kier molecular flexibility index (Phi) is 9.31. The average molecular weight is 462 g/mol. The molecule has 0 radical (unpaired) electrons. The largest absolute Gasteiger partial charge is 0.469 e.